The van der Waals surface area contributed by atoms with Crippen LogP contribution in [0.2, 0.25) is 0 Å². The van der Waals surface area contributed by atoms with E-state index in [2.05, 4.69) is 193 Å². The van der Waals surface area contributed by atoms with Crippen molar-refractivity contribution in [2.75, 3.05) is 4.90 Å². The minimum atomic E-state index is 0.615. The van der Waals surface area contributed by atoms with Crippen molar-refractivity contribution in [1.82, 2.24) is 9.97 Å². The van der Waals surface area contributed by atoms with Gasteiger partial charge in [0.25, 0.3) is 0 Å². The third-order valence-electron chi connectivity index (χ3n) is 12.2. The molecule has 0 radical (unpaired) electrons. The standard InChI is InChI=1S/C56H33N3OS/c1-2-13-40-34(11-1)12-9-17-41(40)35-23-25-36(26-24-35)54-46-16-3-6-20-48(46)57-56(58-54)59-49-30-29-37(42-18-10-19-45-43-14-4-7-21-51(43)60-55(42)45)31-38(49)27-28-39-32-53-47(33-50(39)59)44-15-5-8-22-52(44)61-53/h1-33H. The second kappa shape index (κ2) is 13.3. The van der Waals surface area contributed by atoms with Crippen LogP contribution in [0.3, 0.4) is 0 Å². The SMILES string of the molecule is C1=Cc2cc3sc4ccccc4c3cc2N(c2nc(-c3ccc(-c4cccc5ccccc45)cc3)c3ccccc3n2)c2ccc(-c3cccc4c3oc3ccccc34)cc21. The molecule has 1 aliphatic heterocycles. The summed E-state index contributed by atoms with van der Waals surface area (Å²) in [4.78, 5) is 13.2. The van der Waals surface area contributed by atoms with Gasteiger partial charge in [-0.15, -0.1) is 11.3 Å². The minimum absolute atomic E-state index is 0.615. The Morgan fingerprint density at radius 1 is 0.426 bits per heavy atom. The molecule has 5 heteroatoms. The molecule has 61 heavy (non-hydrogen) atoms. The smallest absolute Gasteiger partial charge is 0.235 e. The third kappa shape index (κ3) is 5.38. The van der Waals surface area contributed by atoms with Crippen molar-refractivity contribution in [1.29, 1.82) is 0 Å². The van der Waals surface area contributed by atoms with Crippen molar-refractivity contribution in [3.63, 3.8) is 0 Å². The average molecular weight is 796 g/mol. The van der Waals surface area contributed by atoms with E-state index in [-0.39, 0.29) is 0 Å². The summed E-state index contributed by atoms with van der Waals surface area (Å²) >= 11 is 1.83. The minimum Gasteiger partial charge on any atom is -0.455 e. The highest BCUT2D eigenvalue weighted by molar-refractivity contribution is 7.25. The van der Waals surface area contributed by atoms with Gasteiger partial charge in [0.2, 0.25) is 5.95 Å². The van der Waals surface area contributed by atoms with E-state index < -0.39 is 0 Å². The number of aromatic nitrogens is 2. The molecule has 0 saturated carbocycles. The lowest BCUT2D eigenvalue weighted by Crippen LogP contribution is -2.15. The molecule has 9 aromatic carbocycles. The highest BCUT2D eigenvalue weighted by Gasteiger charge is 2.26. The van der Waals surface area contributed by atoms with Gasteiger partial charge < -0.3 is 4.42 Å². The van der Waals surface area contributed by atoms with Gasteiger partial charge in [-0.05, 0) is 75.5 Å². The average Bonchev–Trinajstić information content (AvgIpc) is 3.84. The number of benzene rings is 9. The van der Waals surface area contributed by atoms with Crippen LogP contribution in [0.5, 0.6) is 0 Å². The van der Waals surface area contributed by atoms with Gasteiger partial charge >= 0.3 is 0 Å². The lowest BCUT2D eigenvalue weighted by molar-refractivity contribution is 0.670. The van der Waals surface area contributed by atoms with Gasteiger partial charge in [-0.3, -0.25) is 4.90 Å². The van der Waals surface area contributed by atoms with Crippen LogP contribution in [-0.4, -0.2) is 9.97 Å². The molecule has 0 saturated heterocycles. The third-order valence-corrected chi connectivity index (χ3v) is 13.4. The molecule has 1 aliphatic rings. The number of thiophene rings is 1. The Hall–Kier alpha value is -7.86. The van der Waals surface area contributed by atoms with E-state index in [1.54, 1.807) is 0 Å². The second-order valence-electron chi connectivity index (χ2n) is 15.7. The van der Waals surface area contributed by atoms with Crippen LogP contribution >= 0.6 is 11.3 Å². The summed E-state index contributed by atoms with van der Waals surface area (Å²) in [6, 6.07) is 67.0. The number of rotatable bonds is 4. The predicted molar refractivity (Wildman–Crippen MR) is 257 cm³/mol. The molecule has 0 bridgehead atoms. The molecular formula is C56H33N3OS. The van der Waals surface area contributed by atoms with Crippen LogP contribution in [0, 0.1) is 0 Å². The van der Waals surface area contributed by atoms with Crippen LogP contribution in [0.1, 0.15) is 11.1 Å². The van der Waals surface area contributed by atoms with Gasteiger partial charge in [-0.1, -0.05) is 158 Å². The molecule has 4 heterocycles. The van der Waals surface area contributed by atoms with Crippen molar-refractivity contribution in [2.45, 2.75) is 0 Å². The Morgan fingerprint density at radius 2 is 1.10 bits per heavy atom. The molecule has 0 atom stereocenters. The maximum atomic E-state index is 6.52. The molecular weight excluding hydrogens is 763 g/mol. The maximum Gasteiger partial charge on any atom is 0.235 e. The number of anilines is 3. The molecule has 0 spiro atoms. The van der Waals surface area contributed by atoms with E-state index in [1.165, 1.54) is 42.1 Å². The lowest BCUT2D eigenvalue weighted by atomic mass is 9.96. The quantitative estimate of drug-likeness (QED) is 0.178. The highest BCUT2D eigenvalue weighted by Crippen LogP contribution is 2.47. The summed E-state index contributed by atoms with van der Waals surface area (Å²) < 4.78 is 9.04. The second-order valence-corrected chi connectivity index (χ2v) is 16.8. The van der Waals surface area contributed by atoms with E-state index >= 15 is 0 Å². The molecule has 0 N–H and O–H groups in total. The molecule has 0 fully saturated rings. The normalized spacial score (nSPS) is 12.5. The first-order chi connectivity index (χ1) is 30.2. The van der Waals surface area contributed by atoms with Crippen LogP contribution in [0.15, 0.2) is 192 Å². The fourth-order valence-electron chi connectivity index (χ4n) is 9.33. The van der Waals surface area contributed by atoms with Gasteiger partial charge in [-0.2, -0.15) is 0 Å². The summed E-state index contributed by atoms with van der Waals surface area (Å²) in [7, 11) is 0. The molecule has 12 aromatic rings. The fourth-order valence-corrected chi connectivity index (χ4v) is 10.5. The lowest BCUT2D eigenvalue weighted by Gasteiger charge is -2.26. The van der Waals surface area contributed by atoms with E-state index in [9.17, 15) is 0 Å². The Kier molecular flexibility index (Phi) is 7.44. The van der Waals surface area contributed by atoms with E-state index in [1.807, 2.05) is 23.5 Å². The molecule has 284 valence electrons. The maximum absolute atomic E-state index is 6.52. The van der Waals surface area contributed by atoms with Crippen molar-refractivity contribution >= 4 is 105 Å². The number of hydrogen-bond donors (Lipinski definition) is 0. The highest BCUT2D eigenvalue weighted by atomic mass is 32.1. The van der Waals surface area contributed by atoms with Crippen LogP contribution < -0.4 is 4.90 Å². The zero-order valence-corrected chi connectivity index (χ0v) is 33.5. The Morgan fingerprint density at radius 3 is 2.00 bits per heavy atom. The number of fused-ring (bicyclic) bond motifs is 10. The molecule has 0 unspecified atom stereocenters. The first-order valence-corrected chi connectivity index (χ1v) is 21.4. The Labute approximate surface area is 354 Å². The first kappa shape index (κ1) is 34.0. The molecule has 13 rings (SSSR count). The van der Waals surface area contributed by atoms with Gasteiger partial charge in [0, 0.05) is 53.0 Å². The van der Waals surface area contributed by atoms with Crippen molar-refractivity contribution in [3.05, 3.63) is 199 Å². The molecule has 3 aromatic heterocycles. The number of hydrogen-bond acceptors (Lipinski definition) is 5. The summed E-state index contributed by atoms with van der Waals surface area (Å²) in [5.41, 5.74) is 13.3. The van der Waals surface area contributed by atoms with Crippen molar-refractivity contribution < 1.29 is 4.42 Å². The molecule has 0 aliphatic carbocycles. The first-order valence-electron chi connectivity index (χ1n) is 20.6. The van der Waals surface area contributed by atoms with Crippen molar-refractivity contribution in [2.24, 2.45) is 0 Å². The molecule has 4 nitrogen and oxygen atoms in total. The molecule has 0 amide bonds. The van der Waals surface area contributed by atoms with E-state index in [4.69, 9.17) is 14.4 Å². The predicted octanol–water partition coefficient (Wildman–Crippen LogP) is 16.0. The van der Waals surface area contributed by atoms with Gasteiger partial charge in [0.15, 0.2) is 0 Å². The van der Waals surface area contributed by atoms with Crippen LogP contribution in [-0.2, 0) is 0 Å². The number of para-hydroxylation sites is 3. The zero-order valence-electron chi connectivity index (χ0n) is 32.7. The van der Waals surface area contributed by atoms with Gasteiger partial charge in [-0.25, -0.2) is 9.97 Å². The Balaban J connectivity index is 1.02. The summed E-state index contributed by atoms with van der Waals surface area (Å²) in [5, 5.41) is 8.18. The van der Waals surface area contributed by atoms with Gasteiger partial charge in [0.1, 0.15) is 11.2 Å². The summed E-state index contributed by atoms with van der Waals surface area (Å²) in [5.74, 6) is 0.615. The fraction of sp³-hybridized carbons (Fsp3) is 0. The van der Waals surface area contributed by atoms with Crippen LogP contribution in [0.25, 0.3) is 109 Å². The van der Waals surface area contributed by atoms with E-state index in [0.29, 0.717) is 5.95 Å². The van der Waals surface area contributed by atoms with Crippen molar-refractivity contribution in [3.8, 4) is 33.5 Å². The van der Waals surface area contributed by atoms with Gasteiger partial charge in [0.05, 0.1) is 22.6 Å². The topological polar surface area (TPSA) is 42.2 Å². The number of nitrogens with zero attached hydrogens (tertiary/aromatic N) is 3. The summed E-state index contributed by atoms with van der Waals surface area (Å²) in [6.45, 7) is 0. The monoisotopic (exact) mass is 795 g/mol. The Bertz CT molecular complexity index is 3780. The van der Waals surface area contributed by atoms with Crippen LogP contribution in [0.4, 0.5) is 17.3 Å². The van der Waals surface area contributed by atoms with E-state index in [0.717, 1.165) is 77.7 Å². The zero-order chi connectivity index (χ0) is 40.0. The largest absolute Gasteiger partial charge is 0.455 e. The summed E-state index contributed by atoms with van der Waals surface area (Å²) in [6.07, 6.45) is 4.49. The number of furan rings is 1.